The molecule has 0 spiro atoms. The van der Waals surface area contributed by atoms with E-state index in [1.54, 1.807) is 49.5 Å². The van der Waals surface area contributed by atoms with Crippen LogP contribution in [-0.2, 0) is 10.1 Å². The van der Waals surface area contributed by atoms with Crippen LogP contribution in [0.25, 0.3) is 11.1 Å². The molecule has 0 saturated heterocycles. The van der Waals surface area contributed by atoms with Gasteiger partial charge < -0.3 is 10.6 Å². The largest absolute Gasteiger partial charge is 0.388 e. The van der Waals surface area contributed by atoms with Crippen LogP contribution in [0.3, 0.4) is 0 Å². The summed E-state index contributed by atoms with van der Waals surface area (Å²) in [6.07, 6.45) is 0. The Morgan fingerprint density at radius 1 is 0.833 bits per heavy atom. The van der Waals surface area contributed by atoms with E-state index < -0.39 is 16.0 Å². The van der Waals surface area contributed by atoms with E-state index in [-0.39, 0.29) is 16.4 Å². The number of Topliss-reactive ketones (excluding diaryl/α,β-unsaturated/α-hetero) is 1. The maximum absolute atomic E-state index is 12.5. The van der Waals surface area contributed by atoms with E-state index in [0.29, 0.717) is 22.3 Å². The molecular formula is C22H20N2O5S. The molecule has 3 rings (SSSR count). The molecule has 7 nitrogen and oxygen atoms in total. The van der Waals surface area contributed by atoms with E-state index in [1.165, 1.54) is 31.2 Å². The SMILES string of the molecule is CNc1ccc(-c2ccc(NC(=O)c3ccc(C(C)=O)cc3)cc2S(=O)(=O)O)cc1. The number of hydrogen-bond acceptors (Lipinski definition) is 5. The van der Waals surface area contributed by atoms with Crippen LogP contribution in [0.1, 0.15) is 27.6 Å². The fraction of sp³-hybridized carbons (Fsp3) is 0.0909. The minimum Gasteiger partial charge on any atom is -0.388 e. The number of carbonyl (C=O) groups excluding carboxylic acids is 2. The van der Waals surface area contributed by atoms with E-state index in [9.17, 15) is 22.6 Å². The molecule has 0 unspecified atom stereocenters. The van der Waals surface area contributed by atoms with Crippen molar-refractivity contribution in [3.8, 4) is 11.1 Å². The lowest BCUT2D eigenvalue weighted by atomic mass is 10.0. The van der Waals surface area contributed by atoms with Gasteiger partial charge in [-0.3, -0.25) is 14.1 Å². The quantitative estimate of drug-likeness (QED) is 0.406. The van der Waals surface area contributed by atoms with Crippen LogP contribution in [0, 0.1) is 0 Å². The molecule has 3 aromatic carbocycles. The van der Waals surface area contributed by atoms with E-state index in [0.717, 1.165) is 5.69 Å². The monoisotopic (exact) mass is 424 g/mol. The summed E-state index contributed by atoms with van der Waals surface area (Å²) in [7, 11) is -2.77. The summed E-state index contributed by atoms with van der Waals surface area (Å²) in [5.74, 6) is -0.587. The summed E-state index contributed by atoms with van der Waals surface area (Å²) < 4.78 is 33.6. The fourth-order valence-corrected chi connectivity index (χ4v) is 3.67. The van der Waals surface area contributed by atoms with Crippen molar-refractivity contribution in [2.75, 3.05) is 17.7 Å². The zero-order valence-electron chi connectivity index (χ0n) is 16.3. The molecule has 1 amide bonds. The third kappa shape index (κ3) is 4.73. The Kier molecular flexibility index (Phi) is 6.00. The number of hydrogen-bond donors (Lipinski definition) is 3. The first kappa shape index (κ1) is 21.2. The van der Waals surface area contributed by atoms with Gasteiger partial charge >= 0.3 is 0 Å². The van der Waals surface area contributed by atoms with Gasteiger partial charge in [0.2, 0.25) is 0 Å². The summed E-state index contributed by atoms with van der Waals surface area (Å²) >= 11 is 0. The lowest BCUT2D eigenvalue weighted by molar-refractivity contribution is 0.100. The first-order valence-corrected chi connectivity index (χ1v) is 10.4. The van der Waals surface area contributed by atoms with Gasteiger partial charge in [-0.05, 0) is 48.9 Å². The van der Waals surface area contributed by atoms with Gasteiger partial charge in [0.25, 0.3) is 16.0 Å². The molecule has 3 N–H and O–H groups in total. The van der Waals surface area contributed by atoms with E-state index in [2.05, 4.69) is 10.6 Å². The summed E-state index contributed by atoms with van der Waals surface area (Å²) in [6.45, 7) is 1.43. The van der Waals surface area contributed by atoms with Crippen LogP contribution >= 0.6 is 0 Å². The Balaban J connectivity index is 1.92. The van der Waals surface area contributed by atoms with Crippen molar-refractivity contribution < 1.29 is 22.6 Å². The van der Waals surface area contributed by atoms with Gasteiger partial charge in [0.1, 0.15) is 4.90 Å². The zero-order valence-corrected chi connectivity index (χ0v) is 17.2. The first-order chi connectivity index (χ1) is 14.2. The predicted octanol–water partition coefficient (Wildman–Crippen LogP) is 4.10. The topological polar surface area (TPSA) is 113 Å². The highest BCUT2D eigenvalue weighted by atomic mass is 32.2. The minimum absolute atomic E-state index is 0.113. The minimum atomic E-state index is -4.54. The average molecular weight is 424 g/mol. The van der Waals surface area contributed by atoms with Crippen molar-refractivity contribution in [2.45, 2.75) is 11.8 Å². The number of ketones is 1. The standard InChI is InChI=1S/C22H20N2O5S/c1-14(25)15-3-5-17(6-4-15)22(26)24-19-11-12-20(21(13-19)30(27,28)29)16-7-9-18(23-2)10-8-16/h3-13,23H,1-2H3,(H,24,26)(H,27,28,29). The van der Waals surface area contributed by atoms with Crippen molar-refractivity contribution in [1.82, 2.24) is 0 Å². The van der Waals surface area contributed by atoms with Gasteiger partial charge in [-0.1, -0.05) is 30.3 Å². The molecule has 30 heavy (non-hydrogen) atoms. The van der Waals surface area contributed by atoms with Crippen LogP contribution in [-0.4, -0.2) is 31.7 Å². The molecule has 0 aliphatic rings. The van der Waals surface area contributed by atoms with Crippen molar-refractivity contribution in [3.63, 3.8) is 0 Å². The summed E-state index contributed by atoms with van der Waals surface area (Å²) in [5.41, 5.74) is 2.75. The second-order valence-electron chi connectivity index (χ2n) is 6.60. The molecule has 3 aromatic rings. The van der Waals surface area contributed by atoms with E-state index >= 15 is 0 Å². The molecule has 0 atom stereocenters. The van der Waals surface area contributed by atoms with Crippen molar-refractivity contribution in [1.29, 1.82) is 0 Å². The number of amides is 1. The summed E-state index contributed by atoms with van der Waals surface area (Å²) in [6, 6.07) is 17.4. The van der Waals surface area contributed by atoms with Crippen LogP contribution in [0.4, 0.5) is 11.4 Å². The normalized spacial score (nSPS) is 11.0. The van der Waals surface area contributed by atoms with Gasteiger partial charge in [-0.15, -0.1) is 0 Å². The number of benzene rings is 3. The molecule has 0 radical (unpaired) electrons. The second kappa shape index (κ2) is 8.48. The molecule has 0 fully saturated rings. The van der Waals surface area contributed by atoms with Gasteiger partial charge in [-0.2, -0.15) is 8.42 Å². The Morgan fingerprint density at radius 2 is 1.40 bits per heavy atom. The average Bonchev–Trinajstić information content (AvgIpc) is 2.73. The molecule has 0 aliphatic carbocycles. The molecule has 0 aliphatic heterocycles. The number of nitrogens with one attached hydrogen (secondary N) is 2. The number of rotatable bonds is 6. The van der Waals surface area contributed by atoms with Crippen LogP contribution in [0.15, 0.2) is 71.6 Å². The Labute approximate surface area is 174 Å². The van der Waals surface area contributed by atoms with Crippen LogP contribution in [0.2, 0.25) is 0 Å². The maximum atomic E-state index is 12.5. The molecular weight excluding hydrogens is 404 g/mol. The second-order valence-corrected chi connectivity index (χ2v) is 7.99. The molecule has 0 bridgehead atoms. The third-order valence-electron chi connectivity index (χ3n) is 4.56. The lowest BCUT2D eigenvalue weighted by Gasteiger charge is -2.12. The Hall–Kier alpha value is -3.49. The summed E-state index contributed by atoms with van der Waals surface area (Å²) in [4.78, 5) is 23.5. The van der Waals surface area contributed by atoms with E-state index in [4.69, 9.17) is 0 Å². The van der Waals surface area contributed by atoms with Crippen LogP contribution in [0.5, 0.6) is 0 Å². The molecule has 0 aromatic heterocycles. The first-order valence-electron chi connectivity index (χ1n) is 9.01. The zero-order chi connectivity index (χ0) is 21.9. The maximum Gasteiger partial charge on any atom is 0.295 e. The van der Waals surface area contributed by atoms with Gasteiger partial charge in [0.15, 0.2) is 5.78 Å². The molecule has 154 valence electrons. The van der Waals surface area contributed by atoms with Crippen molar-refractivity contribution in [3.05, 3.63) is 77.9 Å². The van der Waals surface area contributed by atoms with Gasteiger partial charge in [-0.25, -0.2) is 0 Å². The predicted molar refractivity (Wildman–Crippen MR) is 116 cm³/mol. The number of carbonyl (C=O) groups is 2. The Bertz CT molecular complexity index is 1200. The van der Waals surface area contributed by atoms with Gasteiger partial charge in [0.05, 0.1) is 0 Å². The Morgan fingerprint density at radius 3 is 1.93 bits per heavy atom. The number of anilines is 2. The highest BCUT2D eigenvalue weighted by Gasteiger charge is 2.18. The van der Waals surface area contributed by atoms with E-state index in [1.807, 2.05) is 0 Å². The fourth-order valence-electron chi connectivity index (χ4n) is 2.93. The van der Waals surface area contributed by atoms with Crippen LogP contribution < -0.4 is 10.6 Å². The van der Waals surface area contributed by atoms with Crippen molar-refractivity contribution in [2.24, 2.45) is 0 Å². The highest BCUT2D eigenvalue weighted by molar-refractivity contribution is 7.86. The lowest BCUT2D eigenvalue weighted by Crippen LogP contribution is -2.13. The van der Waals surface area contributed by atoms with Crippen molar-refractivity contribution >= 4 is 33.2 Å². The molecule has 0 saturated carbocycles. The molecule has 0 heterocycles. The highest BCUT2D eigenvalue weighted by Crippen LogP contribution is 2.31. The summed E-state index contributed by atoms with van der Waals surface area (Å²) in [5, 5.41) is 5.58. The van der Waals surface area contributed by atoms with Gasteiger partial charge in [0, 0.05) is 35.1 Å². The third-order valence-corrected chi connectivity index (χ3v) is 5.45. The molecule has 8 heteroatoms. The smallest absolute Gasteiger partial charge is 0.295 e.